The molecule has 0 aromatic heterocycles. The molecule has 3 rings (SSSR count). The van der Waals surface area contributed by atoms with Crippen LogP contribution in [0.3, 0.4) is 0 Å². The molecule has 2 aliphatic rings. The molecule has 4 heteroatoms. The monoisotopic (exact) mass is 293 g/mol. The SMILES string of the molecule is O=C(O)c1ccc(Cl)c(N2CC3(CCCCCC3)C2)c1. The lowest BCUT2D eigenvalue weighted by molar-refractivity contribution is 0.0697. The molecule has 1 saturated heterocycles. The van der Waals surface area contributed by atoms with E-state index in [1.165, 1.54) is 38.5 Å². The molecule has 0 radical (unpaired) electrons. The van der Waals surface area contributed by atoms with Crippen LogP contribution >= 0.6 is 11.6 Å². The predicted octanol–water partition coefficient (Wildman–Crippen LogP) is 4.20. The maximum Gasteiger partial charge on any atom is 0.335 e. The Morgan fingerprint density at radius 2 is 1.80 bits per heavy atom. The number of hydrogen-bond donors (Lipinski definition) is 1. The van der Waals surface area contributed by atoms with Crippen molar-refractivity contribution >= 4 is 23.3 Å². The van der Waals surface area contributed by atoms with Crippen molar-refractivity contribution < 1.29 is 9.90 Å². The zero-order chi connectivity index (χ0) is 14.2. The van der Waals surface area contributed by atoms with Gasteiger partial charge in [-0.15, -0.1) is 0 Å². The van der Waals surface area contributed by atoms with E-state index in [1.54, 1.807) is 18.2 Å². The molecule has 1 aliphatic carbocycles. The van der Waals surface area contributed by atoms with Gasteiger partial charge in [-0.25, -0.2) is 4.79 Å². The van der Waals surface area contributed by atoms with Gasteiger partial charge in [-0.05, 0) is 31.0 Å². The van der Waals surface area contributed by atoms with E-state index in [0.717, 1.165) is 18.8 Å². The molecule has 1 aliphatic heterocycles. The topological polar surface area (TPSA) is 40.5 Å². The highest BCUT2D eigenvalue weighted by molar-refractivity contribution is 6.33. The molecule has 0 unspecified atom stereocenters. The van der Waals surface area contributed by atoms with Crippen molar-refractivity contribution in [2.24, 2.45) is 5.41 Å². The first-order chi connectivity index (χ1) is 9.60. The first kappa shape index (κ1) is 13.7. The van der Waals surface area contributed by atoms with E-state index in [-0.39, 0.29) is 0 Å². The Morgan fingerprint density at radius 3 is 2.40 bits per heavy atom. The Hall–Kier alpha value is -1.22. The van der Waals surface area contributed by atoms with Crippen LogP contribution in [0.15, 0.2) is 18.2 Å². The Labute approximate surface area is 124 Å². The van der Waals surface area contributed by atoms with Crippen LogP contribution in [-0.2, 0) is 0 Å². The Morgan fingerprint density at radius 1 is 1.15 bits per heavy atom. The van der Waals surface area contributed by atoms with Crippen molar-refractivity contribution in [2.75, 3.05) is 18.0 Å². The van der Waals surface area contributed by atoms with Crippen molar-refractivity contribution in [2.45, 2.75) is 38.5 Å². The van der Waals surface area contributed by atoms with Crippen LogP contribution in [0.25, 0.3) is 0 Å². The standard InChI is InChI=1S/C16H20ClNO2/c17-13-6-5-12(15(19)20)9-14(13)18-10-16(11-18)7-3-1-2-4-8-16/h5-6,9H,1-4,7-8,10-11H2,(H,19,20). The fourth-order valence-electron chi connectivity index (χ4n) is 3.62. The van der Waals surface area contributed by atoms with Gasteiger partial charge in [0.2, 0.25) is 0 Å². The van der Waals surface area contributed by atoms with Gasteiger partial charge < -0.3 is 10.0 Å². The normalized spacial score (nSPS) is 21.4. The van der Waals surface area contributed by atoms with Crippen LogP contribution in [0.5, 0.6) is 0 Å². The Balaban J connectivity index is 1.75. The van der Waals surface area contributed by atoms with Crippen LogP contribution in [0.1, 0.15) is 48.9 Å². The van der Waals surface area contributed by atoms with E-state index in [0.29, 0.717) is 16.0 Å². The Kier molecular flexibility index (Phi) is 3.63. The molecule has 1 aromatic rings. The number of aromatic carboxylic acids is 1. The average molecular weight is 294 g/mol. The third kappa shape index (κ3) is 2.51. The summed E-state index contributed by atoms with van der Waals surface area (Å²) in [6.45, 7) is 2.05. The molecule has 0 amide bonds. The summed E-state index contributed by atoms with van der Waals surface area (Å²) < 4.78 is 0. The first-order valence-electron chi connectivity index (χ1n) is 7.38. The molecule has 0 atom stereocenters. The van der Waals surface area contributed by atoms with E-state index < -0.39 is 5.97 Å². The smallest absolute Gasteiger partial charge is 0.335 e. The maximum absolute atomic E-state index is 11.1. The minimum Gasteiger partial charge on any atom is -0.478 e. The summed E-state index contributed by atoms with van der Waals surface area (Å²) in [7, 11) is 0. The zero-order valence-electron chi connectivity index (χ0n) is 11.6. The number of carbonyl (C=O) groups is 1. The van der Waals surface area contributed by atoms with Crippen molar-refractivity contribution in [1.29, 1.82) is 0 Å². The minimum absolute atomic E-state index is 0.311. The molecule has 1 spiro atoms. The van der Waals surface area contributed by atoms with Gasteiger partial charge >= 0.3 is 5.97 Å². The fourth-order valence-corrected chi connectivity index (χ4v) is 3.85. The molecule has 2 fully saturated rings. The Bertz CT molecular complexity index is 513. The van der Waals surface area contributed by atoms with E-state index >= 15 is 0 Å². The maximum atomic E-state index is 11.1. The summed E-state index contributed by atoms with van der Waals surface area (Å²) in [4.78, 5) is 13.3. The summed E-state index contributed by atoms with van der Waals surface area (Å²) in [6, 6.07) is 4.96. The molecule has 1 saturated carbocycles. The number of anilines is 1. The minimum atomic E-state index is -0.896. The summed E-state index contributed by atoms with van der Waals surface area (Å²) in [5.74, 6) is -0.896. The molecule has 0 bridgehead atoms. The van der Waals surface area contributed by atoms with E-state index in [4.69, 9.17) is 16.7 Å². The number of carboxylic acids is 1. The van der Waals surface area contributed by atoms with Gasteiger partial charge in [0, 0.05) is 18.5 Å². The fraction of sp³-hybridized carbons (Fsp3) is 0.562. The lowest BCUT2D eigenvalue weighted by Crippen LogP contribution is -2.56. The van der Waals surface area contributed by atoms with Gasteiger partial charge in [0.25, 0.3) is 0 Å². The van der Waals surface area contributed by atoms with E-state index in [2.05, 4.69) is 4.90 Å². The molecular formula is C16H20ClNO2. The highest BCUT2D eigenvalue weighted by Crippen LogP contribution is 2.46. The highest BCUT2D eigenvalue weighted by Gasteiger charge is 2.43. The third-order valence-electron chi connectivity index (χ3n) is 4.75. The lowest BCUT2D eigenvalue weighted by Gasteiger charge is -2.52. The van der Waals surface area contributed by atoms with Crippen molar-refractivity contribution in [3.63, 3.8) is 0 Å². The number of nitrogens with zero attached hydrogens (tertiary/aromatic N) is 1. The second kappa shape index (κ2) is 5.28. The highest BCUT2D eigenvalue weighted by atomic mass is 35.5. The summed E-state index contributed by atoms with van der Waals surface area (Å²) in [5, 5.41) is 9.74. The van der Waals surface area contributed by atoms with E-state index in [9.17, 15) is 4.79 Å². The molecule has 108 valence electrons. The van der Waals surface area contributed by atoms with Crippen LogP contribution in [0.2, 0.25) is 5.02 Å². The number of halogens is 1. The summed E-state index contributed by atoms with van der Waals surface area (Å²) in [6.07, 6.45) is 7.99. The quantitative estimate of drug-likeness (QED) is 0.888. The van der Waals surface area contributed by atoms with Gasteiger partial charge in [0.1, 0.15) is 0 Å². The first-order valence-corrected chi connectivity index (χ1v) is 7.75. The average Bonchev–Trinajstić information content (AvgIpc) is 2.63. The largest absolute Gasteiger partial charge is 0.478 e. The molecule has 1 N–H and O–H groups in total. The molecule has 1 heterocycles. The van der Waals surface area contributed by atoms with Gasteiger partial charge in [0.15, 0.2) is 0 Å². The van der Waals surface area contributed by atoms with Crippen molar-refractivity contribution in [3.8, 4) is 0 Å². The number of carboxylic acid groups (broad SMARTS) is 1. The molecular weight excluding hydrogens is 274 g/mol. The number of hydrogen-bond acceptors (Lipinski definition) is 2. The van der Waals surface area contributed by atoms with Gasteiger partial charge in [-0.2, -0.15) is 0 Å². The van der Waals surface area contributed by atoms with E-state index in [1.807, 2.05) is 0 Å². The van der Waals surface area contributed by atoms with Crippen molar-refractivity contribution in [3.05, 3.63) is 28.8 Å². The summed E-state index contributed by atoms with van der Waals surface area (Å²) in [5.41, 5.74) is 1.65. The summed E-state index contributed by atoms with van der Waals surface area (Å²) >= 11 is 6.23. The number of benzene rings is 1. The predicted molar refractivity (Wildman–Crippen MR) is 80.8 cm³/mol. The second-order valence-corrected chi connectivity index (χ2v) is 6.65. The van der Waals surface area contributed by atoms with Crippen LogP contribution in [0, 0.1) is 5.41 Å². The molecule has 20 heavy (non-hydrogen) atoms. The third-order valence-corrected chi connectivity index (χ3v) is 5.07. The number of rotatable bonds is 2. The molecule has 3 nitrogen and oxygen atoms in total. The zero-order valence-corrected chi connectivity index (χ0v) is 12.3. The van der Waals surface area contributed by atoms with Gasteiger partial charge in [0.05, 0.1) is 16.3 Å². The van der Waals surface area contributed by atoms with Crippen molar-refractivity contribution in [1.82, 2.24) is 0 Å². The van der Waals surface area contributed by atoms with Crippen LogP contribution < -0.4 is 4.90 Å². The molecule has 1 aromatic carbocycles. The van der Waals surface area contributed by atoms with Gasteiger partial charge in [-0.1, -0.05) is 37.3 Å². The lowest BCUT2D eigenvalue weighted by atomic mass is 9.73. The van der Waals surface area contributed by atoms with Crippen LogP contribution in [0.4, 0.5) is 5.69 Å². The second-order valence-electron chi connectivity index (χ2n) is 6.24. The van der Waals surface area contributed by atoms with Gasteiger partial charge in [-0.3, -0.25) is 0 Å². The van der Waals surface area contributed by atoms with Crippen LogP contribution in [-0.4, -0.2) is 24.2 Å².